The van der Waals surface area contributed by atoms with E-state index in [0.717, 1.165) is 15.3 Å². The molecule has 0 radical (unpaired) electrons. The predicted octanol–water partition coefficient (Wildman–Crippen LogP) is 3.07. The monoisotopic (exact) mass is 356 g/mol. The maximum atomic E-state index is 12.1. The third-order valence-electron chi connectivity index (χ3n) is 4.03. The first-order chi connectivity index (χ1) is 12.0. The Balaban J connectivity index is 2.24. The summed E-state index contributed by atoms with van der Waals surface area (Å²) in [6.07, 6.45) is 0. The molecule has 3 rings (SSSR count). The Bertz CT molecular complexity index is 924. The van der Waals surface area contributed by atoms with Crippen LogP contribution in [0.3, 0.4) is 0 Å². The second kappa shape index (κ2) is 6.49. The standard InChI is InChI=1S/C18H16N2O4S/c1-9-13(18(21)23-3)15-16(25-9)14(12(8-19)17(20)24-15)10-5-4-6-11(7-10)22-2/h4-7,14H,20H2,1-3H3/t14-/m1/s1. The largest absolute Gasteiger partial charge is 0.497 e. The van der Waals surface area contributed by atoms with Crippen LogP contribution >= 0.6 is 11.3 Å². The lowest BCUT2D eigenvalue weighted by Crippen LogP contribution is -2.21. The second-order valence-corrected chi connectivity index (χ2v) is 6.68. The van der Waals surface area contributed by atoms with Gasteiger partial charge < -0.3 is 19.9 Å². The Morgan fingerprint density at radius 3 is 2.80 bits per heavy atom. The number of thiophene rings is 1. The van der Waals surface area contributed by atoms with Crippen molar-refractivity contribution in [2.75, 3.05) is 14.2 Å². The Labute approximate surface area is 149 Å². The number of methoxy groups -OCH3 is 2. The number of carbonyl (C=O) groups is 1. The lowest BCUT2D eigenvalue weighted by molar-refractivity contribution is 0.0597. The van der Waals surface area contributed by atoms with Crippen molar-refractivity contribution < 1.29 is 19.0 Å². The summed E-state index contributed by atoms with van der Waals surface area (Å²) in [5.41, 5.74) is 7.46. The molecule has 2 N–H and O–H groups in total. The highest BCUT2D eigenvalue weighted by Gasteiger charge is 2.37. The van der Waals surface area contributed by atoms with Crippen LogP contribution < -0.4 is 15.2 Å². The average Bonchev–Trinajstić information content (AvgIpc) is 2.95. The number of allylic oxidation sites excluding steroid dienone is 1. The molecule has 0 fully saturated rings. The lowest BCUT2D eigenvalue weighted by Gasteiger charge is -2.24. The van der Waals surface area contributed by atoms with Gasteiger partial charge in [0.25, 0.3) is 0 Å². The van der Waals surface area contributed by atoms with E-state index in [4.69, 9.17) is 19.9 Å². The Morgan fingerprint density at radius 2 is 2.16 bits per heavy atom. The van der Waals surface area contributed by atoms with Crippen molar-refractivity contribution in [1.29, 1.82) is 5.26 Å². The molecule has 25 heavy (non-hydrogen) atoms. The van der Waals surface area contributed by atoms with Crippen LogP contribution in [0.4, 0.5) is 0 Å². The third kappa shape index (κ3) is 2.71. The fourth-order valence-corrected chi connectivity index (χ4v) is 4.09. The quantitative estimate of drug-likeness (QED) is 0.849. The molecule has 0 spiro atoms. The van der Waals surface area contributed by atoms with Crippen molar-refractivity contribution in [2.45, 2.75) is 12.8 Å². The number of fused-ring (bicyclic) bond motifs is 1. The van der Waals surface area contributed by atoms with E-state index in [1.165, 1.54) is 18.4 Å². The molecule has 6 nitrogen and oxygen atoms in total. The zero-order valence-electron chi connectivity index (χ0n) is 14.0. The first-order valence-electron chi connectivity index (χ1n) is 7.45. The first-order valence-corrected chi connectivity index (χ1v) is 8.26. The number of hydrogen-bond donors (Lipinski definition) is 1. The average molecular weight is 356 g/mol. The minimum Gasteiger partial charge on any atom is -0.497 e. The SMILES string of the molecule is COC(=O)c1c(C)sc2c1OC(N)=C(C#N)[C@H]2c1cccc(OC)c1. The topological polar surface area (TPSA) is 94.6 Å². The van der Waals surface area contributed by atoms with Gasteiger partial charge in [0.05, 0.1) is 25.0 Å². The van der Waals surface area contributed by atoms with E-state index >= 15 is 0 Å². The molecule has 2 heterocycles. The minimum absolute atomic E-state index is 0.00854. The van der Waals surface area contributed by atoms with Crippen LogP contribution in [0.1, 0.15) is 31.6 Å². The van der Waals surface area contributed by atoms with Crippen LogP contribution in [0.5, 0.6) is 11.5 Å². The van der Waals surface area contributed by atoms with Gasteiger partial charge in [-0.05, 0) is 24.6 Å². The smallest absolute Gasteiger partial charge is 0.342 e. The number of nitriles is 1. The van der Waals surface area contributed by atoms with Gasteiger partial charge >= 0.3 is 5.97 Å². The van der Waals surface area contributed by atoms with Gasteiger partial charge in [-0.2, -0.15) is 5.26 Å². The number of ether oxygens (including phenoxy) is 3. The van der Waals surface area contributed by atoms with Crippen LogP contribution in [-0.4, -0.2) is 20.2 Å². The van der Waals surface area contributed by atoms with E-state index < -0.39 is 11.9 Å². The van der Waals surface area contributed by atoms with Crippen molar-refractivity contribution in [2.24, 2.45) is 5.73 Å². The van der Waals surface area contributed by atoms with Crippen LogP contribution in [-0.2, 0) is 4.74 Å². The van der Waals surface area contributed by atoms with E-state index in [0.29, 0.717) is 22.6 Å². The zero-order chi connectivity index (χ0) is 18.1. The summed E-state index contributed by atoms with van der Waals surface area (Å²) in [6.45, 7) is 1.81. The van der Waals surface area contributed by atoms with E-state index in [9.17, 15) is 10.1 Å². The number of rotatable bonds is 3. The molecule has 7 heteroatoms. The van der Waals surface area contributed by atoms with Crippen LogP contribution in [0.25, 0.3) is 0 Å². The molecule has 0 saturated carbocycles. The van der Waals surface area contributed by atoms with Crippen LogP contribution in [0.15, 0.2) is 35.7 Å². The zero-order valence-corrected chi connectivity index (χ0v) is 14.8. The second-order valence-electron chi connectivity index (χ2n) is 5.42. The van der Waals surface area contributed by atoms with Crippen LogP contribution in [0.2, 0.25) is 0 Å². The molecule has 0 amide bonds. The Kier molecular flexibility index (Phi) is 4.38. The van der Waals surface area contributed by atoms with Gasteiger partial charge in [0.15, 0.2) is 5.75 Å². The number of nitrogens with two attached hydrogens (primary N) is 1. The van der Waals surface area contributed by atoms with E-state index in [1.54, 1.807) is 7.11 Å². The van der Waals surface area contributed by atoms with Gasteiger partial charge in [0.2, 0.25) is 5.88 Å². The molecule has 128 valence electrons. The van der Waals surface area contributed by atoms with Crippen molar-refractivity contribution in [1.82, 2.24) is 0 Å². The van der Waals surface area contributed by atoms with Gasteiger partial charge in [0, 0.05) is 4.88 Å². The van der Waals surface area contributed by atoms with Gasteiger partial charge in [0.1, 0.15) is 23.0 Å². The van der Waals surface area contributed by atoms with E-state index in [1.807, 2.05) is 31.2 Å². The molecule has 0 unspecified atom stereocenters. The molecule has 1 aromatic carbocycles. The number of aryl methyl sites for hydroxylation is 1. The van der Waals surface area contributed by atoms with Crippen molar-refractivity contribution in [3.63, 3.8) is 0 Å². The maximum absolute atomic E-state index is 12.1. The highest BCUT2D eigenvalue weighted by molar-refractivity contribution is 7.12. The highest BCUT2D eigenvalue weighted by Crippen LogP contribution is 2.49. The van der Waals surface area contributed by atoms with Gasteiger partial charge in [-0.3, -0.25) is 0 Å². The first kappa shape index (κ1) is 16.9. The molecular weight excluding hydrogens is 340 g/mol. The lowest BCUT2D eigenvalue weighted by atomic mass is 9.88. The number of hydrogen-bond acceptors (Lipinski definition) is 7. The molecule has 0 saturated heterocycles. The fraction of sp³-hybridized carbons (Fsp3) is 0.222. The van der Waals surface area contributed by atoms with E-state index in [2.05, 4.69) is 6.07 Å². The minimum atomic E-state index is -0.493. The molecule has 1 aliphatic rings. The molecule has 2 aromatic rings. The van der Waals surface area contributed by atoms with E-state index in [-0.39, 0.29) is 5.88 Å². The number of nitrogens with zero attached hydrogens (tertiary/aromatic N) is 1. The van der Waals surface area contributed by atoms with Gasteiger partial charge in [-0.15, -0.1) is 11.3 Å². The molecule has 1 aliphatic heterocycles. The predicted molar refractivity (Wildman–Crippen MR) is 92.7 cm³/mol. The number of benzene rings is 1. The summed E-state index contributed by atoms with van der Waals surface area (Å²) in [5.74, 6) is 0.103. The summed E-state index contributed by atoms with van der Waals surface area (Å²) in [5, 5.41) is 9.59. The summed E-state index contributed by atoms with van der Waals surface area (Å²) >= 11 is 1.39. The van der Waals surface area contributed by atoms with Gasteiger partial charge in [-0.1, -0.05) is 12.1 Å². The fourth-order valence-electron chi connectivity index (χ4n) is 2.87. The molecular formula is C18H16N2O4S. The normalized spacial score (nSPS) is 15.8. The van der Waals surface area contributed by atoms with Crippen molar-refractivity contribution >= 4 is 17.3 Å². The number of carbonyl (C=O) groups excluding carboxylic acids is 1. The summed E-state index contributed by atoms with van der Waals surface area (Å²) < 4.78 is 15.8. The van der Waals surface area contributed by atoms with Crippen molar-refractivity contribution in [3.8, 4) is 17.6 Å². The molecule has 0 bridgehead atoms. The Morgan fingerprint density at radius 1 is 1.40 bits per heavy atom. The van der Waals surface area contributed by atoms with Gasteiger partial charge in [-0.25, -0.2) is 4.79 Å². The third-order valence-corrected chi connectivity index (χ3v) is 5.18. The van der Waals surface area contributed by atoms with Crippen LogP contribution in [0, 0.1) is 18.3 Å². The molecule has 0 aliphatic carbocycles. The number of esters is 1. The summed E-state index contributed by atoms with van der Waals surface area (Å²) in [7, 11) is 2.89. The summed E-state index contributed by atoms with van der Waals surface area (Å²) in [4.78, 5) is 13.6. The highest BCUT2D eigenvalue weighted by atomic mass is 32.1. The van der Waals surface area contributed by atoms with Crippen molar-refractivity contribution in [3.05, 3.63) is 56.6 Å². The summed E-state index contributed by atoms with van der Waals surface area (Å²) in [6, 6.07) is 9.53. The Hall–Kier alpha value is -2.98. The maximum Gasteiger partial charge on any atom is 0.342 e. The molecule has 1 aromatic heterocycles. The molecule has 1 atom stereocenters.